The van der Waals surface area contributed by atoms with E-state index in [2.05, 4.69) is 0 Å². The van der Waals surface area contributed by atoms with E-state index < -0.39 is 0 Å². The first-order chi connectivity index (χ1) is 6.60. The monoisotopic (exact) mass is 214 g/mol. The number of rotatable bonds is 3. The molecule has 0 aliphatic carbocycles. The Kier molecular flexibility index (Phi) is 3.75. The van der Waals surface area contributed by atoms with E-state index in [4.69, 9.17) is 23.1 Å². The van der Waals surface area contributed by atoms with E-state index in [1.54, 1.807) is 6.07 Å². The average Bonchev–Trinajstić information content (AvgIpc) is 2.20. The predicted octanol–water partition coefficient (Wildman–Crippen LogP) is 1.40. The molecule has 0 saturated heterocycles. The third kappa shape index (κ3) is 2.18. The summed E-state index contributed by atoms with van der Waals surface area (Å²) in [5.41, 5.74) is 13.6. The molecular formula is C10H15ClN2O. The maximum absolute atomic E-state index is 9.74. The zero-order valence-corrected chi connectivity index (χ0v) is 8.88. The average molecular weight is 215 g/mol. The number of hydrogen-bond acceptors (Lipinski definition) is 3. The minimum absolute atomic E-state index is 0.219. The fourth-order valence-corrected chi connectivity index (χ4v) is 1.52. The Balaban J connectivity index is 3.20. The highest BCUT2D eigenvalue weighted by Gasteiger charge is 2.12. The van der Waals surface area contributed by atoms with E-state index in [1.807, 2.05) is 13.0 Å². The summed E-state index contributed by atoms with van der Waals surface area (Å²) in [5, 5.41) is 9.74. The van der Waals surface area contributed by atoms with Crippen LogP contribution in [-0.4, -0.2) is 11.7 Å². The summed E-state index contributed by atoms with van der Waals surface area (Å²) >= 11 is 5.72. The molecule has 1 aromatic rings. The lowest BCUT2D eigenvalue weighted by atomic mass is 10.0. The fourth-order valence-electron chi connectivity index (χ4n) is 1.37. The van der Waals surface area contributed by atoms with E-state index in [9.17, 15) is 5.11 Å². The third-order valence-electron chi connectivity index (χ3n) is 2.20. The number of halogens is 1. The number of alkyl halides is 1. The predicted molar refractivity (Wildman–Crippen MR) is 58.4 cm³/mol. The number of hydrogen-bond donors (Lipinski definition) is 3. The summed E-state index contributed by atoms with van der Waals surface area (Å²) in [4.78, 5) is 0. The van der Waals surface area contributed by atoms with Crippen molar-refractivity contribution in [3.8, 4) is 5.75 Å². The number of aryl methyl sites for hydroxylation is 1. The molecule has 0 spiro atoms. The van der Waals surface area contributed by atoms with Gasteiger partial charge in [-0.3, -0.25) is 0 Å². The van der Waals surface area contributed by atoms with E-state index in [-0.39, 0.29) is 11.8 Å². The van der Waals surface area contributed by atoms with Crippen LogP contribution in [-0.2, 0) is 5.88 Å². The third-order valence-corrected chi connectivity index (χ3v) is 2.51. The van der Waals surface area contributed by atoms with Gasteiger partial charge >= 0.3 is 0 Å². The number of benzene rings is 1. The SMILES string of the molecule is Cc1cc(CCl)cc(C(N)CN)c1O. The highest BCUT2D eigenvalue weighted by Crippen LogP contribution is 2.28. The van der Waals surface area contributed by atoms with Gasteiger partial charge in [0.05, 0.1) is 0 Å². The van der Waals surface area contributed by atoms with Crippen LogP contribution in [0.3, 0.4) is 0 Å². The van der Waals surface area contributed by atoms with Crippen LogP contribution in [0.4, 0.5) is 0 Å². The normalized spacial score (nSPS) is 12.9. The van der Waals surface area contributed by atoms with Crippen molar-refractivity contribution in [1.29, 1.82) is 0 Å². The summed E-state index contributed by atoms with van der Waals surface area (Å²) in [6.07, 6.45) is 0. The van der Waals surface area contributed by atoms with Crippen molar-refractivity contribution in [3.63, 3.8) is 0 Å². The molecule has 5 N–H and O–H groups in total. The van der Waals surface area contributed by atoms with Crippen LogP contribution in [0.1, 0.15) is 22.7 Å². The molecule has 4 heteroatoms. The molecule has 0 radical (unpaired) electrons. The van der Waals surface area contributed by atoms with Crippen molar-refractivity contribution in [3.05, 3.63) is 28.8 Å². The molecule has 1 rings (SSSR count). The fraction of sp³-hybridized carbons (Fsp3) is 0.400. The van der Waals surface area contributed by atoms with Crippen LogP contribution >= 0.6 is 11.6 Å². The van der Waals surface area contributed by atoms with Crippen LogP contribution in [0.2, 0.25) is 0 Å². The maximum Gasteiger partial charge on any atom is 0.123 e. The van der Waals surface area contributed by atoms with Crippen molar-refractivity contribution < 1.29 is 5.11 Å². The number of nitrogens with two attached hydrogens (primary N) is 2. The van der Waals surface area contributed by atoms with Crippen molar-refractivity contribution in [2.45, 2.75) is 18.8 Å². The standard InChI is InChI=1S/C10H15ClN2O/c1-6-2-7(4-11)3-8(10(6)14)9(13)5-12/h2-3,9,14H,4-5,12-13H2,1H3. The lowest BCUT2D eigenvalue weighted by molar-refractivity contribution is 0.457. The Morgan fingerprint density at radius 3 is 2.64 bits per heavy atom. The van der Waals surface area contributed by atoms with Crippen molar-refractivity contribution >= 4 is 11.6 Å². The van der Waals surface area contributed by atoms with Crippen molar-refractivity contribution in [2.75, 3.05) is 6.54 Å². The van der Waals surface area contributed by atoms with Crippen LogP contribution in [0.5, 0.6) is 5.75 Å². The molecular weight excluding hydrogens is 200 g/mol. The van der Waals surface area contributed by atoms with Crippen molar-refractivity contribution in [1.82, 2.24) is 0 Å². The quantitative estimate of drug-likeness (QED) is 0.666. The first-order valence-electron chi connectivity index (χ1n) is 4.44. The topological polar surface area (TPSA) is 72.3 Å². The molecule has 0 aliphatic heterocycles. The lowest BCUT2D eigenvalue weighted by Gasteiger charge is -2.14. The lowest BCUT2D eigenvalue weighted by Crippen LogP contribution is -2.21. The van der Waals surface area contributed by atoms with Gasteiger partial charge in [-0.25, -0.2) is 0 Å². The van der Waals surface area contributed by atoms with Gasteiger partial charge < -0.3 is 16.6 Å². The van der Waals surface area contributed by atoms with Crippen LogP contribution in [0.25, 0.3) is 0 Å². The van der Waals surface area contributed by atoms with Gasteiger partial charge in [0, 0.05) is 24.0 Å². The molecule has 14 heavy (non-hydrogen) atoms. The molecule has 3 nitrogen and oxygen atoms in total. The van der Waals surface area contributed by atoms with Gasteiger partial charge in [-0.05, 0) is 24.1 Å². The molecule has 1 aromatic carbocycles. The zero-order chi connectivity index (χ0) is 10.7. The molecule has 0 saturated carbocycles. The summed E-state index contributed by atoms with van der Waals surface area (Å²) in [6, 6.07) is 3.30. The number of phenolic OH excluding ortho intramolecular Hbond substituents is 1. The molecule has 0 amide bonds. The summed E-state index contributed by atoms with van der Waals surface area (Å²) in [7, 11) is 0. The van der Waals surface area contributed by atoms with Crippen LogP contribution in [0.15, 0.2) is 12.1 Å². The van der Waals surface area contributed by atoms with Crippen LogP contribution in [0, 0.1) is 6.92 Å². The Morgan fingerprint density at radius 2 is 2.14 bits per heavy atom. The summed E-state index contributed by atoms with van der Waals surface area (Å²) in [5.74, 6) is 0.627. The number of aromatic hydroxyl groups is 1. The highest BCUT2D eigenvalue weighted by atomic mass is 35.5. The molecule has 1 unspecified atom stereocenters. The first-order valence-corrected chi connectivity index (χ1v) is 4.97. The summed E-state index contributed by atoms with van der Waals surface area (Å²) < 4.78 is 0. The molecule has 78 valence electrons. The maximum atomic E-state index is 9.74. The minimum Gasteiger partial charge on any atom is -0.507 e. The van der Waals surface area contributed by atoms with Gasteiger partial charge in [0.2, 0.25) is 0 Å². The van der Waals surface area contributed by atoms with Gasteiger partial charge in [-0.15, -0.1) is 11.6 Å². The molecule has 1 atom stereocenters. The Hall–Kier alpha value is -0.770. The second-order valence-corrected chi connectivity index (χ2v) is 3.59. The Morgan fingerprint density at radius 1 is 1.50 bits per heavy atom. The highest BCUT2D eigenvalue weighted by molar-refractivity contribution is 6.17. The molecule has 0 bridgehead atoms. The smallest absolute Gasteiger partial charge is 0.123 e. The van der Waals surface area contributed by atoms with Gasteiger partial charge in [0.1, 0.15) is 5.75 Å². The second-order valence-electron chi connectivity index (χ2n) is 3.33. The first kappa shape index (κ1) is 11.3. The minimum atomic E-state index is -0.336. The van der Waals surface area contributed by atoms with Gasteiger partial charge in [-0.2, -0.15) is 0 Å². The molecule has 0 fully saturated rings. The summed E-state index contributed by atoms with van der Waals surface area (Å²) in [6.45, 7) is 2.12. The van der Waals surface area contributed by atoms with Gasteiger partial charge in [0.15, 0.2) is 0 Å². The largest absolute Gasteiger partial charge is 0.507 e. The van der Waals surface area contributed by atoms with E-state index in [0.717, 1.165) is 11.1 Å². The molecule has 0 heterocycles. The Labute approximate surface area is 88.7 Å². The van der Waals surface area contributed by atoms with Gasteiger partial charge in [-0.1, -0.05) is 6.07 Å². The molecule has 0 aromatic heterocycles. The Bertz CT molecular complexity index is 328. The van der Waals surface area contributed by atoms with E-state index in [1.165, 1.54) is 0 Å². The van der Waals surface area contributed by atoms with E-state index >= 15 is 0 Å². The molecule has 0 aliphatic rings. The zero-order valence-electron chi connectivity index (χ0n) is 8.13. The van der Waals surface area contributed by atoms with Crippen LogP contribution < -0.4 is 11.5 Å². The van der Waals surface area contributed by atoms with Crippen molar-refractivity contribution in [2.24, 2.45) is 11.5 Å². The van der Waals surface area contributed by atoms with Gasteiger partial charge in [0.25, 0.3) is 0 Å². The number of phenols is 1. The van der Waals surface area contributed by atoms with E-state index in [0.29, 0.717) is 18.0 Å². The second kappa shape index (κ2) is 4.64.